The minimum absolute atomic E-state index is 0.129. The van der Waals surface area contributed by atoms with Crippen LogP contribution in [-0.2, 0) is 4.74 Å². The topological polar surface area (TPSA) is 71.9 Å². The molecule has 0 unspecified atom stereocenters. The summed E-state index contributed by atoms with van der Waals surface area (Å²) in [6, 6.07) is 0. The smallest absolute Gasteiger partial charge is 0.335 e. The first-order chi connectivity index (χ1) is 8.70. The Labute approximate surface area is 109 Å². The first-order valence-corrected chi connectivity index (χ1v) is 6.70. The number of carbonyl (C=O) groups is 1. The molecular weight excluding hydrogens is 254 g/mol. The third kappa shape index (κ3) is 3.11. The number of thiazole rings is 1. The van der Waals surface area contributed by atoms with E-state index < -0.39 is 5.91 Å². The zero-order valence-electron chi connectivity index (χ0n) is 10.2. The van der Waals surface area contributed by atoms with Crippen LogP contribution in [-0.4, -0.2) is 37.7 Å². The second kappa shape index (κ2) is 6.01. The normalized spacial score (nSPS) is 16.5. The third-order valence-corrected chi connectivity index (χ3v) is 3.95. The minimum atomic E-state index is -0.808. The number of anilines is 1. The first kappa shape index (κ1) is 13.1. The number of amides is 1. The summed E-state index contributed by atoms with van der Waals surface area (Å²) < 4.78 is 5.31. The molecule has 98 valence electrons. The minimum Gasteiger partial charge on any atom is -0.381 e. The molecule has 2 heterocycles. The number of hydrogen-bond donors (Lipinski definition) is 0. The fraction of sp³-hybridized carbons (Fsp3) is 0.636. The van der Waals surface area contributed by atoms with Gasteiger partial charge in [0, 0.05) is 37.4 Å². The highest BCUT2D eigenvalue weighted by Crippen LogP contribution is 2.23. The summed E-state index contributed by atoms with van der Waals surface area (Å²) in [5, 5.41) is 4.68. The van der Waals surface area contributed by atoms with Crippen molar-refractivity contribution in [2.75, 3.05) is 31.7 Å². The molecule has 0 N–H and O–H groups in total. The maximum absolute atomic E-state index is 11.1. The highest BCUT2D eigenvalue weighted by Gasteiger charge is 2.18. The van der Waals surface area contributed by atoms with E-state index in [4.69, 9.17) is 4.74 Å². The van der Waals surface area contributed by atoms with Crippen molar-refractivity contribution < 1.29 is 9.53 Å². The van der Waals surface area contributed by atoms with Gasteiger partial charge in [-0.2, -0.15) is 0 Å². The molecule has 0 aromatic carbocycles. The van der Waals surface area contributed by atoms with Crippen LogP contribution in [0, 0.1) is 10.8 Å². The lowest BCUT2D eigenvalue weighted by Crippen LogP contribution is -2.29. The lowest BCUT2D eigenvalue weighted by Gasteiger charge is -2.26. The molecule has 0 aliphatic carbocycles. The van der Waals surface area contributed by atoms with Crippen molar-refractivity contribution in [2.24, 2.45) is 11.1 Å². The van der Waals surface area contributed by atoms with Crippen LogP contribution in [0.3, 0.4) is 0 Å². The van der Waals surface area contributed by atoms with Gasteiger partial charge in [0.15, 0.2) is 5.13 Å². The van der Waals surface area contributed by atoms with E-state index in [1.54, 1.807) is 5.38 Å². The molecule has 1 aromatic rings. The predicted molar refractivity (Wildman–Crippen MR) is 69.1 cm³/mol. The molecule has 1 saturated heterocycles. The van der Waals surface area contributed by atoms with Gasteiger partial charge >= 0.3 is 5.91 Å². The molecule has 18 heavy (non-hydrogen) atoms. The van der Waals surface area contributed by atoms with Crippen LogP contribution >= 0.6 is 11.3 Å². The molecule has 1 amide bonds. The van der Waals surface area contributed by atoms with Crippen molar-refractivity contribution in [1.29, 1.82) is 0 Å². The Morgan fingerprint density at radius 3 is 3.00 bits per heavy atom. The van der Waals surface area contributed by atoms with Crippen molar-refractivity contribution in [3.63, 3.8) is 0 Å². The molecule has 1 aliphatic rings. The van der Waals surface area contributed by atoms with Crippen LogP contribution < -0.4 is 4.90 Å². The molecule has 1 aromatic heterocycles. The zero-order valence-corrected chi connectivity index (χ0v) is 11.0. The lowest BCUT2D eigenvalue weighted by atomic mass is 10.0. The van der Waals surface area contributed by atoms with Crippen LogP contribution in [0.4, 0.5) is 5.13 Å². The van der Waals surface area contributed by atoms with Crippen LogP contribution in [0.1, 0.15) is 23.3 Å². The first-order valence-electron chi connectivity index (χ1n) is 5.83. The maximum Gasteiger partial charge on any atom is 0.335 e. The molecular formula is C11H15N3O3S. The van der Waals surface area contributed by atoms with E-state index in [0.717, 1.165) is 37.7 Å². The molecule has 1 aliphatic heterocycles. The van der Waals surface area contributed by atoms with E-state index >= 15 is 0 Å². The largest absolute Gasteiger partial charge is 0.381 e. The van der Waals surface area contributed by atoms with Gasteiger partial charge in [-0.25, -0.2) is 4.98 Å². The van der Waals surface area contributed by atoms with Gasteiger partial charge in [-0.05, 0) is 18.8 Å². The predicted octanol–water partition coefficient (Wildman–Crippen LogP) is 1.91. The molecule has 0 radical (unpaired) electrons. The van der Waals surface area contributed by atoms with E-state index in [-0.39, 0.29) is 5.69 Å². The summed E-state index contributed by atoms with van der Waals surface area (Å²) >= 11 is 1.35. The molecule has 7 heteroatoms. The fourth-order valence-electron chi connectivity index (χ4n) is 1.98. The molecule has 0 bridgehead atoms. The van der Waals surface area contributed by atoms with Gasteiger partial charge < -0.3 is 9.64 Å². The average molecular weight is 269 g/mol. The number of rotatable bonds is 4. The Bertz CT molecular complexity index is 429. The SMILES string of the molecule is CN(CC1CCOCC1)c1nc(C(=O)N=O)cs1. The average Bonchev–Trinajstić information content (AvgIpc) is 2.88. The van der Waals surface area contributed by atoms with Crippen molar-refractivity contribution in [1.82, 2.24) is 4.98 Å². The highest BCUT2D eigenvalue weighted by atomic mass is 32.1. The van der Waals surface area contributed by atoms with Gasteiger partial charge in [0.2, 0.25) is 0 Å². The fourth-order valence-corrected chi connectivity index (χ4v) is 2.76. The lowest BCUT2D eigenvalue weighted by molar-refractivity contribution is 0.0685. The number of nitrogens with zero attached hydrogens (tertiary/aromatic N) is 3. The van der Waals surface area contributed by atoms with Crippen LogP contribution in [0.5, 0.6) is 0 Å². The quantitative estimate of drug-likeness (QED) is 0.781. The molecule has 6 nitrogen and oxygen atoms in total. The Morgan fingerprint density at radius 1 is 1.61 bits per heavy atom. The van der Waals surface area contributed by atoms with Crippen molar-refractivity contribution in [3.05, 3.63) is 16.0 Å². The molecule has 0 spiro atoms. The van der Waals surface area contributed by atoms with Crippen molar-refractivity contribution >= 4 is 22.4 Å². The zero-order chi connectivity index (χ0) is 13.0. The summed E-state index contributed by atoms with van der Waals surface area (Å²) in [4.78, 5) is 27.3. The van der Waals surface area contributed by atoms with E-state index in [2.05, 4.69) is 10.2 Å². The molecule has 0 atom stereocenters. The van der Waals surface area contributed by atoms with Gasteiger partial charge in [-0.1, -0.05) is 0 Å². The summed E-state index contributed by atoms with van der Waals surface area (Å²) in [5.74, 6) is -0.215. The summed E-state index contributed by atoms with van der Waals surface area (Å²) in [5.41, 5.74) is 0.129. The Morgan fingerprint density at radius 2 is 2.33 bits per heavy atom. The van der Waals surface area contributed by atoms with Gasteiger partial charge in [0.25, 0.3) is 0 Å². The monoisotopic (exact) mass is 269 g/mol. The highest BCUT2D eigenvalue weighted by molar-refractivity contribution is 7.13. The van der Waals surface area contributed by atoms with Crippen LogP contribution in [0.2, 0.25) is 0 Å². The second-order valence-electron chi connectivity index (χ2n) is 4.35. The Kier molecular flexibility index (Phi) is 4.38. The molecule has 0 saturated carbocycles. The number of ether oxygens (including phenoxy) is 1. The van der Waals surface area contributed by atoms with Crippen LogP contribution in [0.25, 0.3) is 0 Å². The number of nitroso groups, excluding NO2 is 1. The Hall–Kier alpha value is -1.34. The van der Waals surface area contributed by atoms with Gasteiger partial charge in [0.05, 0.1) is 0 Å². The van der Waals surface area contributed by atoms with Gasteiger partial charge in [0.1, 0.15) is 5.69 Å². The molecule has 2 rings (SSSR count). The van der Waals surface area contributed by atoms with E-state index in [1.165, 1.54) is 11.3 Å². The number of hydrogen-bond acceptors (Lipinski definition) is 6. The summed E-state index contributed by atoms with van der Waals surface area (Å²) in [6.45, 7) is 2.52. The van der Waals surface area contributed by atoms with E-state index in [1.807, 2.05) is 11.9 Å². The number of aromatic nitrogens is 1. The maximum atomic E-state index is 11.1. The van der Waals surface area contributed by atoms with Gasteiger partial charge in [-0.3, -0.25) is 4.79 Å². The second-order valence-corrected chi connectivity index (χ2v) is 5.18. The Balaban J connectivity index is 1.95. The van der Waals surface area contributed by atoms with Crippen molar-refractivity contribution in [2.45, 2.75) is 12.8 Å². The standard InChI is InChI=1S/C11H15N3O3S/c1-14(6-8-2-4-17-5-3-8)11-12-9(7-18-11)10(15)13-16/h7-8H,2-6H2,1H3. The molecule has 1 fully saturated rings. The summed E-state index contributed by atoms with van der Waals surface area (Å²) in [6.07, 6.45) is 2.11. The third-order valence-electron chi connectivity index (χ3n) is 2.99. The van der Waals surface area contributed by atoms with Crippen molar-refractivity contribution in [3.8, 4) is 0 Å². The van der Waals surface area contributed by atoms with E-state index in [0.29, 0.717) is 5.92 Å². The number of carbonyl (C=O) groups excluding carboxylic acids is 1. The van der Waals surface area contributed by atoms with Gasteiger partial charge in [-0.15, -0.1) is 16.2 Å². The van der Waals surface area contributed by atoms with E-state index in [9.17, 15) is 9.70 Å². The summed E-state index contributed by atoms with van der Waals surface area (Å²) in [7, 11) is 1.94. The van der Waals surface area contributed by atoms with Crippen LogP contribution in [0.15, 0.2) is 10.6 Å².